The summed E-state index contributed by atoms with van der Waals surface area (Å²) < 4.78 is 0. The number of likely N-dealkylation sites (N-methyl/N-ethyl adjacent to an activating group) is 1. The molecule has 1 aliphatic heterocycles. The summed E-state index contributed by atoms with van der Waals surface area (Å²) in [4.78, 5) is 9.39. The number of aryl methyl sites for hydroxylation is 2. The maximum absolute atomic E-state index is 9.63. The number of aliphatic hydroxyl groups excluding tert-OH is 1. The van der Waals surface area contributed by atoms with E-state index in [-0.39, 0.29) is 6.61 Å². The van der Waals surface area contributed by atoms with E-state index in [9.17, 15) is 5.11 Å². The zero-order chi connectivity index (χ0) is 14.2. The summed E-state index contributed by atoms with van der Waals surface area (Å²) in [5.41, 5.74) is 3.11. The Bertz CT molecular complexity index is 449. The van der Waals surface area contributed by atoms with Gasteiger partial charge in [-0.25, -0.2) is 4.98 Å². The van der Waals surface area contributed by atoms with E-state index in [1.165, 1.54) is 0 Å². The molecule has 2 heterocycles. The molecule has 106 valence electrons. The Labute approximate surface area is 116 Å². The van der Waals surface area contributed by atoms with Gasteiger partial charge in [-0.2, -0.15) is 0 Å². The van der Waals surface area contributed by atoms with Crippen LogP contribution in [0.3, 0.4) is 0 Å². The quantitative estimate of drug-likeness (QED) is 0.882. The van der Waals surface area contributed by atoms with Crippen molar-refractivity contribution in [3.8, 4) is 0 Å². The van der Waals surface area contributed by atoms with Crippen LogP contribution in [0.25, 0.3) is 0 Å². The van der Waals surface area contributed by atoms with Crippen molar-refractivity contribution in [1.82, 2.24) is 9.88 Å². The minimum Gasteiger partial charge on any atom is -0.392 e. The molecule has 2 rings (SSSR count). The van der Waals surface area contributed by atoms with E-state index in [1.807, 2.05) is 19.9 Å². The summed E-state index contributed by atoms with van der Waals surface area (Å²) in [6.07, 6.45) is 0. The van der Waals surface area contributed by atoms with E-state index in [1.54, 1.807) is 0 Å². The molecule has 0 bridgehead atoms. The molecule has 4 nitrogen and oxygen atoms in total. The number of pyridine rings is 1. The monoisotopic (exact) mass is 263 g/mol. The van der Waals surface area contributed by atoms with Gasteiger partial charge in [0.05, 0.1) is 6.61 Å². The van der Waals surface area contributed by atoms with Crippen LogP contribution in [0.15, 0.2) is 6.07 Å². The lowest BCUT2D eigenvalue weighted by Gasteiger charge is -2.43. The number of hydrogen-bond acceptors (Lipinski definition) is 4. The number of piperazine rings is 1. The molecule has 0 spiro atoms. The molecule has 1 saturated heterocycles. The molecule has 2 unspecified atom stereocenters. The predicted molar refractivity (Wildman–Crippen MR) is 78.5 cm³/mol. The van der Waals surface area contributed by atoms with Crippen LogP contribution >= 0.6 is 0 Å². The molecule has 0 saturated carbocycles. The van der Waals surface area contributed by atoms with Crippen molar-refractivity contribution >= 4 is 5.82 Å². The van der Waals surface area contributed by atoms with E-state index < -0.39 is 0 Å². The fourth-order valence-corrected chi connectivity index (χ4v) is 2.88. The third-order valence-corrected chi connectivity index (χ3v) is 4.27. The maximum Gasteiger partial charge on any atom is 0.134 e. The SMILES string of the molecule is Cc1cc(C)c(CO)c(N2CC(C)N(C)C(C)C2)n1. The van der Waals surface area contributed by atoms with E-state index in [2.05, 4.69) is 35.7 Å². The van der Waals surface area contributed by atoms with Gasteiger partial charge in [-0.3, -0.25) is 4.90 Å². The molecule has 2 atom stereocenters. The smallest absolute Gasteiger partial charge is 0.134 e. The molecule has 1 fully saturated rings. The van der Waals surface area contributed by atoms with E-state index in [0.29, 0.717) is 12.1 Å². The number of anilines is 1. The van der Waals surface area contributed by atoms with Crippen LogP contribution in [0.2, 0.25) is 0 Å². The topological polar surface area (TPSA) is 39.6 Å². The first-order valence-electron chi connectivity index (χ1n) is 6.99. The summed E-state index contributed by atoms with van der Waals surface area (Å²) in [6, 6.07) is 3.04. The molecule has 4 heteroatoms. The van der Waals surface area contributed by atoms with Gasteiger partial charge in [-0.15, -0.1) is 0 Å². The lowest BCUT2D eigenvalue weighted by molar-refractivity contribution is 0.169. The summed E-state index contributed by atoms with van der Waals surface area (Å²) in [5.74, 6) is 0.965. The second-order valence-electron chi connectivity index (χ2n) is 5.81. The molecular formula is C15H25N3O. The van der Waals surface area contributed by atoms with E-state index in [0.717, 1.165) is 35.7 Å². The van der Waals surface area contributed by atoms with Crippen molar-refractivity contribution in [2.75, 3.05) is 25.0 Å². The highest BCUT2D eigenvalue weighted by Gasteiger charge is 2.28. The van der Waals surface area contributed by atoms with Crippen molar-refractivity contribution in [1.29, 1.82) is 0 Å². The number of hydrogen-bond donors (Lipinski definition) is 1. The summed E-state index contributed by atoms with van der Waals surface area (Å²) >= 11 is 0. The van der Waals surface area contributed by atoms with Crippen LogP contribution in [-0.4, -0.2) is 47.2 Å². The average Bonchev–Trinajstić information content (AvgIpc) is 2.34. The Morgan fingerprint density at radius 3 is 2.37 bits per heavy atom. The molecule has 1 aliphatic rings. The second-order valence-corrected chi connectivity index (χ2v) is 5.81. The van der Waals surface area contributed by atoms with Gasteiger partial charge >= 0.3 is 0 Å². The Morgan fingerprint density at radius 1 is 1.26 bits per heavy atom. The molecule has 0 aliphatic carbocycles. The lowest BCUT2D eigenvalue weighted by Crippen LogP contribution is -2.55. The van der Waals surface area contributed by atoms with Gasteiger partial charge in [0.15, 0.2) is 0 Å². The van der Waals surface area contributed by atoms with Crippen molar-refractivity contribution in [3.63, 3.8) is 0 Å². The minimum atomic E-state index is 0.0591. The summed E-state index contributed by atoms with van der Waals surface area (Å²) in [7, 11) is 2.18. The van der Waals surface area contributed by atoms with Crippen LogP contribution in [0, 0.1) is 13.8 Å². The minimum absolute atomic E-state index is 0.0591. The number of aliphatic hydroxyl groups is 1. The first kappa shape index (κ1) is 14.3. The van der Waals surface area contributed by atoms with Gasteiger partial charge in [0.1, 0.15) is 5.82 Å². The third-order valence-electron chi connectivity index (χ3n) is 4.27. The zero-order valence-corrected chi connectivity index (χ0v) is 12.6. The van der Waals surface area contributed by atoms with Crippen LogP contribution in [0.5, 0.6) is 0 Å². The van der Waals surface area contributed by atoms with Crippen molar-refractivity contribution in [2.45, 2.75) is 46.4 Å². The van der Waals surface area contributed by atoms with Gasteiger partial charge in [-0.05, 0) is 46.4 Å². The van der Waals surface area contributed by atoms with Crippen LogP contribution in [0.1, 0.15) is 30.7 Å². The second kappa shape index (κ2) is 5.47. The fourth-order valence-electron chi connectivity index (χ4n) is 2.88. The largest absolute Gasteiger partial charge is 0.392 e. The van der Waals surface area contributed by atoms with Crippen molar-refractivity contribution in [3.05, 3.63) is 22.9 Å². The van der Waals surface area contributed by atoms with E-state index >= 15 is 0 Å². The Morgan fingerprint density at radius 2 is 1.84 bits per heavy atom. The predicted octanol–water partition coefficient (Wildman–Crippen LogP) is 1.72. The number of rotatable bonds is 2. The average molecular weight is 263 g/mol. The van der Waals surface area contributed by atoms with Gasteiger partial charge < -0.3 is 10.0 Å². The molecule has 1 aromatic rings. The highest BCUT2D eigenvalue weighted by Crippen LogP contribution is 2.26. The lowest BCUT2D eigenvalue weighted by atomic mass is 10.1. The maximum atomic E-state index is 9.63. The number of nitrogens with zero attached hydrogens (tertiary/aromatic N) is 3. The molecule has 0 aromatic carbocycles. The molecule has 0 radical (unpaired) electrons. The highest BCUT2D eigenvalue weighted by molar-refractivity contribution is 5.52. The Kier molecular flexibility index (Phi) is 4.11. The fraction of sp³-hybridized carbons (Fsp3) is 0.667. The Hall–Kier alpha value is -1.13. The number of aromatic nitrogens is 1. The van der Waals surface area contributed by atoms with E-state index in [4.69, 9.17) is 0 Å². The third kappa shape index (κ3) is 2.74. The normalized spacial score (nSPS) is 24.8. The van der Waals surface area contributed by atoms with Crippen molar-refractivity contribution in [2.24, 2.45) is 0 Å². The summed E-state index contributed by atoms with van der Waals surface area (Å²) in [5, 5.41) is 9.63. The van der Waals surface area contributed by atoms with Crippen LogP contribution in [0.4, 0.5) is 5.82 Å². The van der Waals surface area contributed by atoms with Crippen LogP contribution < -0.4 is 4.90 Å². The highest BCUT2D eigenvalue weighted by atomic mass is 16.3. The van der Waals surface area contributed by atoms with Gasteiger partial charge in [0, 0.05) is 36.4 Å². The molecule has 1 aromatic heterocycles. The van der Waals surface area contributed by atoms with Gasteiger partial charge in [-0.1, -0.05) is 0 Å². The molecule has 1 N–H and O–H groups in total. The van der Waals surface area contributed by atoms with Crippen molar-refractivity contribution < 1.29 is 5.11 Å². The molecule has 0 amide bonds. The first-order chi connectivity index (χ1) is 8.93. The van der Waals surface area contributed by atoms with Crippen LogP contribution in [-0.2, 0) is 6.61 Å². The molecule has 19 heavy (non-hydrogen) atoms. The molecular weight excluding hydrogens is 238 g/mol. The first-order valence-corrected chi connectivity index (χ1v) is 6.99. The van der Waals surface area contributed by atoms with Gasteiger partial charge in [0.25, 0.3) is 0 Å². The zero-order valence-electron chi connectivity index (χ0n) is 12.6. The van der Waals surface area contributed by atoms with Gasteiger partial charge in [0.2, 0.25) is 0 Å². The summed E-state index contributed by atoms with van der Waals surface area (Å²) in [6.45, 7) is 10.5. The Balaban J connectivity index is 2.36. The standard InChI is InChI=1S/C15H25N3O/c1-10-6-11(2)16-15(14(10)9-19)18-7-12(3)17(5)13(4)8-18/h6,12-13,19H,7-9H2,1-5H3.